The second-order valence-electron chi connectivity index (χ2n) is 9.56. The number of ether oxygens (including phenoxy) is 1. The van der Waals surface area contributed by atoms with Crippen LogP contribution in [0.3, 0.4) is 0 Å². The maximum Gasteiger partial charge on any atom is 0.247 e. The predicted octanol–water partition coefficient (Wildman–Crippen LogP) is 2.78. The summed E-state index contributed by atoms with van der Waals surface area (Å²) >= 11 is 0. The minimum absolute atomic E-state index is 0.0595. The number of carbonyl (C=O) groups is 1. The minimum atomic E-state index is -3.91. The molecule has 1 fully saturated rings. The van der Waals surface area contributed by atoms with Crippen molar-refractivity contribution in [2.24, 2.45) is 11.8 Å². The summed E-state index contributed by atoms with van der Waals surface area (Å²) in [7, 11) is -2.13. The highest BCUT2D eigenvalue weighted by Crippen LogP contribution is 2.37. The van der Waals surface area contributed by atoms with Crippen LogP contribution in [-0.4, -0.2) is 72.5 Å². The topological polar surface area (TPSA) is 100 Å². The second-order valence-corrected chi connectivity index (χ2v) is 11.4. The van der Waals surface area contributed by atoms with Gasteiger partial charge in [0.1, 0.15) is 16.7 Å². The summed E-state index contributed by atoms with van der Waals surface area (Å²) in [5.74, 6) is 0.601. The van der Waals surface area contributed by atoms with Gasteiger partial charge in [0, 0.05) is 49.9 Å². The normalized spacial score (nSPS) is 23.2. The third kappa shape index (κ3) is 5.26. The summed E-state index contributed by atoms with van der Waals surface area (Å²) in [6.07, 6.45) is 5.72. The molecular formula is C25H33N3O5S. The molecule has 1 aromatic heterocycles. The lowest BCUT2D eigenvalue weighted by molar-refractivity contribution is -0.131. The molecule has 9 heteroatoms. The number of hydrogen-bond donors (Lipinski definition) is 1. The van der Waals surface area contributed by atoms with Crippen LogP contribution in [0.2, 0.25) is 0 Å². The zero-order chi connectivity index (χ0) is 24.5. The molecule has 184 valence electrons. The average Bonchev–Trinajstić information content (AvgIpc) is 3.65. The maximum absolute atomic E-state index is 13.6. The summed E-state index contributed by atoms with van der Waals surface area (Å²) < 4.78 is 34.9. The number of aromatic nitrogens is 1. The van der Waals surface area contributed by atoms with E-state index in [0.29, 0.717) is 18.9 Å². The molecule has 34 heavy (non-hydrogen) atoms. The molecule has 2 aliphatic rings. The van der Waals surface area contributed by atoms with E-state index in [2.05, 4.69) is 4.98 Å². The number of aliphatic hydroxyl groups excluding tert-OH is 1. The van der Waals surface area contributed by atoms with Crippen LogP contribution in [0, 0.1) is 11.8 Å². The van der Waals surface area contributed by atoms with E-state index in [0.717, 1.165) is 24.0 Å². The lowest BCUT2D eigenvalue weighted by atomic mass is 10.0. The lowest BCUT2D eigenvalue weighted by Crippen LogP contribution is -2.50. The Kier molecular flexibility index (Phi) is 7.25. The van der Waals surface area contributed by atoms with Gasteiger partial charge in [-0.3, -0.25) is 9.78 Å². The van der Waals surface area contributed by atoms with Crippen LogP contribution in [0.5, 0.6) is 5.75 Å². The van der Waals surface area contributed by atoms with Crippen molar-refractivity contribution in [3.8, 4) is 16.9 Å². The van der Waals surface area contributed by atoms with E-state index in [4.69, 9.17) is 4.74 Å². The molecule has 0 spiro atoms. The van der Waals surface area contributed by atoms with Gasteiger partial charge in [0.25, 0.3) is 0 Å². The van der Waals surface area contributed by atoms with E-state index in [-0.39, 0.29) is 35.6 Å². The van der Waals surface area contributed by atoms with Crippen molar-refractivity contribution in [2.45, 2.75) is 50.2 Å². The number of nitrogens with zero attached hydrogens (tertiary/aromatic N) is 3. The van der Waals surface area contributed by atoms with Gasteiger partial charge in [0.05, 0.1) is 13.2 Å². The monoisotopic (exact) mass is 487 g/mol. The van der Waals surface area contributed by atoms with Crippen LogP contribution in [0.4, 0.5) is 0 Å². The third-order valence-corrected chi connectivity index (χ3v) is 8.72. The van der Waals surface area contributed by atoms with Crippen molar-refractivity contribution in [1.82, 2.24) is 14.2 Å². The minimum Gasteiger partial charge on any atom is -0.487 e. The zero-order valence-electron chi connectivity index (χ0n) is 19.9. The number of rotatable bonds is 7. The summed E-state index contributed by atoms with van der Waals surface area (Å²) in [6, 6.07) is 8.15. The molecular weight excluding hydrogens is 454 g/mol. The van der Waals surface area contributed by atoms with E-state index in [1.54, 1.807) is 49.5 Å². The van der Waals surface area contributed by atoms with Crippen LogP contribution in [0.25, 0.3) is 11.1 Å². The Hall–Kier alpha value is -2.49. The van der Waals surface area contributed by atoms with Crippen LogP contribution >= 0.6 is 0 Å². The van der Waals surface area contributed by atoms with Gasteiger partial charge in [-0.05, 0) is 49.4 Å². The largest absolute Gasteiger partial charge is 0.487 e. The first-order chi connectivity index (χ1) is 16.2. The van der Waals surface area contributed by atoms with Gasteiger partial charge in [0.2, 0.25) is 15.9 Å². The SMILES string of the molecule is C[C@@H]1CN([C@@H](C)CO)S(=O)(=O)c2ccc(-c3cccnc3)cc2O[C@H]1CN(C)C(=O)CC1CC1. The molecule has 1 N–H and O–H groups in total. The Morgan fingerprint density at radius 1 is 1.29 bits per heavy atom. The summed E-state index contributed by atoms with van der Waals surface area (Å²) in [5.41, 5.74) is 1.63. The molecule has 1 aromatic carbocycles. The summed E-state index contributed by atoms with van der Waals surface area (Å²) in [5, 5.41) is 9.79. The van der Waals surface area contributed by atoms with Gasteiger partial charge in [-0.1, -0.05) is 19.1 Å². The Bertz CT molecular complexity index is 1120. The molecule has 8 nitrogen and oxygen atoms in total. The fourth-order valence-corrected chi connectivity index (χ4v) is 6.08. The lowest BCUT2D eigenvalue weighted by Gasteiger charge is -2.37. The molecule has 1 aliphatic heterocycles. The number of pyridine rings is 1. The van der Waals surface area contributed by atoms with Gasteiger partial charge < -0.3 is 14.7 Å². The molecule has 1 aliphatic carbocycles. The number of benzene rings is 1. The van der Waals surface area contributed by atoms with Crippen molar-refractivity contribution in [3.05, 3.63) is 42.7 Å². The van der Waals surface area contributed by atoms with Gasteiger partial charge in [-0.25, -0.2) is 8.42 Å². The van der Waals surface area contributed by atoms with Crippen molar-refractivity contribution >= 4 is 15.9 Å². The molecule has 0 saturated heterocycles. The molecule has 1 amide bonds. The first kappa shape index (κ1) is 24.6. The van der Waals surface area contributed by atoms with Gasteiger partial charge >= 0.3 is 0 Å². The van der Waals surface area contributed by atoms with Crippen molar-refractivity contribution in [3.63, 3.8) is 0 Å². The zero-order valence-corrected chi connectivity index (χ0v) is 20.7. The third-order valence-electron chi connectivity index (χ3n) is 6.70. The number of hydrogen-bond acceptors (Lipinski definition) is 6. The van der Waals surface area contributed by atoms with Crippen molar-refractivity contribution in [1.29, 1.82) is 0 Å². The van der Waals surface area contributed by atoms with E-state index in [1.165, 1.54) is 4.31 Å². The highest BCUT2D eigenvalue weighted by molar-refractivity contribution is 7.89. The number of aliphatic hydroxyl groups is 1. The maximum atomic E-state index is 13.6. The summed E-state index contributed by atoms with van der Waals surface area (Å²) in [6.45, 7) is 3.86. The first-order valence-electron chi connectivity index (χ1n) is 11.8. The Labute approximate surface area is 201 Å². The van der Waals surface area contributed by atoms with E-state index in [1.807, 2.05) is 19.1 Å². The van der Waals surface area contributed by atoms with Gasteiger partial charge in [0.15, 0.2) is 0 Å². The average molecular weight is 488 g/mol. The molecule has 0 radical (unpaired) electrons. The first-order valence-corrected chi connectivity index (χ1v) is 13.2. The Morgan fingerprint density at radius 2 is 2.06 bits per heavy atom. The number of amides is 1. The molecule has 2 aromatic rings. The van der Waals surface area contributed by atoms with Crippen molar-refractivity contribution in [2.75, 3.05) is 26.7 Å². The van der Waals surface area contributed by atoms with E-state index in [9.17, 15) is 18.3 Å². The van der Waals surface area contributed by atoms with Crippen LogP contribution in [0.15, 0.2) is 47.6 Å². The standard InChI is InChI=1S/C25H33N3O5S/c1-17-14-28(18(2)16-29)34(31,32)24-9-8-20(21-5-4-10-26-13-21)12-22(24)33-23(17)15-27(3)25(30)11-19-6-7-19/h4-5,8-10,12-13,17-19,23,29H,6-7,11,14-16H2,1-3H3/t17-,18+,23+/m1/s1. The molecule has 0 unspecified atom stereocenters. The fraction of sp³-hybridized carbons (Fsp3) is 0.520. The number of sulfonamides is 1. The number of likely N-dealkylation sites (N-methyl/N-ethyl adjacent to an activating group) is 1. The van der Waals surface area contributed by atoms with Crippen LogP contribution in [0.1, 0.15) is 33.1 Å². The van der Waals surface area contributed by atoms with Crippen LogP contribution in [-0.2, 0) is 14.8 Å². The number of carbonyl (C=O) groups excluding carboxylic acids is 1. The highest BCUT2D eigenvalue weighted by Gasteiger charge is 2.38. The smallest absolute Gasteiger partial charge is 0.247 e. The highest BCUT2D eigenvalue weighted by atomic mass is 32.2. The fourth-order valence-electron chi connectivity index (χ4n) is 4.25. The molecule has 3 atom stereocenters. The second kappa shape index (κ2) is 10.0. The van der Waals surface area contributed by atoms with Crippen LogP contribution < -0.4 is 4.74 Å². The summed E-state index contributed by atoms with van der Waals surface area (Å²) in [4.78, 5) is 18.6. The van der Waals surface area contributed by atoms with Crippen molar-refractivity contribution < 1.29 is 23.1 Å². The molecule has 0 bridgehead atoms. The molecule has 1 saturated carbocycles. The quantitative estimate of drug-likeness (QED) is 0.645. The van der Waals surface area contributed by atoms with Gasteiger partial charge in [-0.15, -0.1) is 0 Å². The van der Waals surface area contributed by atoms with E-state index < -0.39 is 22.2 Å². The van der Waals surface area contributed by atoms with E-state index >= 15 is 0 Å². The molecule has 4 rings (SSSR count). The predicted molar refractivity (Wildman–Crippen MR) is 129 cm³/mol. The molecule has 2 heterocycles. The van der Waals surface area contributed by atoms with Gasteiger partial charge in [-0.2, -0.15) is 4.31 Å². The number of fused-ring (bicyclic) bond motifs is 1. The Balaban J connectivity index is 1.72. The Morgan fingerprint density at radius 3 is 2.71 bits per heavy atom.